The summed E-state index contributed by atoms with van der Waals surface area (Å²) in [6.45, 7) is 2.07. The van der Waals surface area contributed by atoms with Crippen molar-refractivity contribution in [1.29, 1.82) is 0 Å². The molecule has 22 heavy (non-hydrogen) atoms. The summed E-state index contributed by atoms with van der Waals surface area (Å²) in [4.78, 5) is 0.0935. The molecule has 0 saturated carbocycles. The van der Waals surface area contributed by atoms with Crippen LogP contribution in [0.25, 0.3) is 0 Å². The molecule has 0 aliphatic rings. The normalized spacial score (nSPS) is 11.5. The van der Waals surface area contributed by atoms with Crippen molar-refractivity contribution < 1.29 is 13.2 Å². The van der Waals surface area contributed by atoms with Gasteiger partial charge in [0.05, 0.1) is 7.11 Å². The Morgan fingerprint density at radius 3 is 2.59 bits per heavy atom. The molecule has 0 fully saturated rings. The highest BCUT2D eigenvalue weighted by atomic mass is 79.9. The summed E-state index contributed by atoms with van der Waals surface area (Å²) >= 11 is 9.17. The molecule has 0 saturated heterocycles. The zero-order valence-corrected chi connectivity index (χ0v) is 15.2. The fraction of sp³-hybridized carbons (Fsp3) is 0.200. The van der Waals surface area contributed by atoms with E-state index in [4.69, 9.17) is 16.3 Å². The standard InChI is InChI=1S/C15H15BrClNO3S/c1-10-7-13(17)5-3-11(10)9-18-22(19,20)15-8-12(16)4-6-14(15)21-2/h3-8,18H,9H2,1-2H3. The molecular weight excluding hydrogens is 390 g/mol. The first-order valence-electron chi connectivity index (χ1n) is 6.42. The number of hydrogen-bond donors (Lipinski definition) is 1. The predicted molar refractivity (Wildman–Crippen MR) is 90.9 cm³/mol. The van der Waals surface area contributed by atoms with Gasteiger partial charge in [0.1, 0.15) is 10.6 Å². The molecule has 0 spiro atoms. The second-order valence-electron chi connectivity index (χ2n) is 4.69. The molecule has 4 nitrogen and oxygen atoms in total. The molecule has 1 N–H and O–H groups in total. The van der Waals surface area contributed by atoms with Gasteiger partial charge in [-0.05, 0) is 48.4 Å². The van der Waals surface area contributed by atoms with Crippen LogP contribution in [0.4, 0.5) is 0 Å². The molecule has 2 rings (SSSR count). The van der Waals surface area contributed by atoms with E-state index in [1.165, 1.54) is 13.2 Å². The Morgan fingerprint density at radius 1 is 1.23 bits per heavy atom. The van der Waals surface area contributed by atoms with Gasteiger partial charge in [0.2, 0.25) is 10.0 Å². The van der Waals surface area contributed by atoms with Crippen LogP contribution in [0.3, 0.4) is 0 Å². The topological polar surface area (TPSA) is 55.4 Å². The summed E-state index contributed by atoms with van der Waals surface area (Å²) in [6, 6.07) is 10.2. The Labute approximate surface area is 143 Å². The molecule has 0 aromatic heterocycles. The maximum Gasteiger partial charge on any atom is 0.244 e. The van der Waals surface area contributed by atoms with E-state index in [1.54, 1.807) is 30.3 Å². The Bertz CT molecular complexity index is 793. The Kier molecular flexibility index (Phi) is 5.50. The number of sulfonamides is 1. The third-order valence-electron chi connectivity index (χ3n) is 3.17. The fourth-order valence-corrected chi connectivity index (χ4v) is 3.91. The molecule has 2 aromatic carbocycles. The van der Waals surface area contributed by atoms with Gasteiger partial charge >= 0.3 is 0 Å². The molecule has 0 radical (unpaired) electrons. The highest BCUT2D eigenvalue weighted by molar-refractivity contribution is 9.10. The molecule has 0 unspecified atom stereocenters. The summed E-state index contributed by atoms with van der Waals surface area (Å²) in [5.41, 5.74) is 1.79. The fourth-order valence-electron chi connectivity index (χ4n) is 1.97. The van der Waals surface area contributed by atoms with Crippen molar-refractivity contribution in [2.75, 3.05) is 7.11 Å². The molecule has 0 heterocycles. The second kappa shape index (κ2) is 7.00. The molecule has 0 amide bonds. The van der Waals surface area contributed by atoms with Gasteiger partial charge in [-0.25, -0.2) is 13.1 Å². The van der Waals surface area contributed by atoms with Crippen LogP contribution in [-0.4, -0.2) is 15.5 Å². The Hall–Kier alpha value is -1.08. The van der Waals surface area contributed by atoms with Gasteiger partial charge in [-0.1, -0.05) is 33.6 Å². The molecular formula is C15H15BrClNO3S. The minimum atomic E-state index is -3.69. The minimum absolute atomic E-state index is 0.0935. The van der Waals surface area contributed by atoms with Gasteiger partial charge in [-0.15, -0.1) is 0 Å². The van der Waals surface area contributed by atoms with Crippen molar-refractivity contribution in [3.8, 4) is 5.75 Å². The molecule has 0 bridgehead atoms. The Balaban J connectivity index is 2.26. The van der Waals surface area contributed by atoms with Crippen LogP contribution in [0, 0.1) is 6.92 Å². The number of nitrogens with one attached hydrogen (secondary N) is 1. The molecule has 118 valence electrons. The number of methoxy groups -OCH3 is 1. The lowest BCUT2D eigenvalue weighted by Crippen LogP contribution is -2.24. The van der Waals surface area contributed by atoms with Crippen molar-refractivity contribution in [1.82, 2.24) is 4.72 Å². The van der Waals surface area contributed by atoms with E-state index in [0.29, 0.717) is 15.2 Å². The summed E-state index contributed by atoms with van der Waals surface area (Å²) in [7, 11) is -2.25. The van der Waals surface area contributed by atoms with E-state index < -0.39 is 10.0 Å². The van der Waals surface area contributed by atoms with Gasteiger partial charge in [0.15, 0.2) is 0 Å². The first-order chi connectivity index (χ1) is 10.3. The third kappa shape index (κ3) is 4.01. The quantitative estimate of drug-likeness (QED) is 0.822. The summed E-state index contributed by atoms with van der Waals surface area (Å²) < 4.78 is 33.3. The number of halogens is 2. The molecule has 0 aliphatic heterocycles. The van der Waals surface area contributed by atoms with Crippen molar-refractivity contribution in [3.63, 3.8) is 0 Å². The summed E-state index contributed by atoms with van der Waals surface area (Å²) in [5, 5.41) is 0.623. The molecule has 7 heteroatoms. The molecule has 0 atom stereocenters. The van der Waals surface area contributed by atoms with Gasteiger partial charge in [0, 0.05) is 16.0 Å². The lowest BCUT2D eigenvalue weighted by atomic mass is 10.1. The van der Waals surface area contributed by atoms with Gasteiger partial charge < -0.3 is 4.74 Å². The lowest BCUT2D eigenvalue weighted by Gasteiger charge is -2.12. The van der Waals surface area contributed by atoms with Crippen LogP contribution in [0.1, 0.15) is 11.1 Å². The SMILES string of the molecule is COc1ccc(Br)cc1S(=O)(=O)NCc1ccc(Cl)cc1C. The first-order valence-corrected chi connectivity index (χ1v) is 9.07. The number of hydrogen-bond acceptors (Lipinski definition) is 3. The number of ether oxygens (including phenoxy) is 1. The Morgan fingerprint density at radius 2 is 1.95 bits per heavy atom. The lowest BCUT2D eigenvalue weighted by molar-refractivity contribution is 0.402. The molecule has 0 aliphatic carbocycles. The highest BCUT2D eigenvalue weighted by Crippen LogP contribution is 2.27. The monoisotopic (exact) mass is 403 g/mol. The highest BCUT2D eigenvalue weighted by Gasteiger charge is 2.20. The number of rotatable bonds is 5. The van der Waals surface area contributed by atoms with Crippen LogP contribution in [0.5, 0.6) is 5.75 Å². The van der Waals surface area contributed by atoms with Crippen LogP contribution in [-0.2, 0) is 16.6 Å². The second-order valence-corrected chi connectivity index (χ2v) is 7.78. The van der Waals surface area contributed by atoms with Gasteiger partial charge in [-0.3, -0.25) is 0 Å². The van der Waals surface area contributed by atoms with Crippen LogP contribution >= 0.6 is 27.5 Å². The van der Waals surface area contributed by atoms with E-state index in [-0.39, 0.29) is 11.4 Å². The third-order valence-corrected chi connectivity index (χ3v) is 5.32. The van der Waals surface area contributed by atoms with Gasteiger partial charge in [-0.2, -0.15) is 0 Å². The number of benzene rings is 2. The maximum atomic E-state index is 12.5. The van der Waals surface area contributed by atoms with Crippen molar-refractivity contribution in [2.45, 2.75) is 18.4 Å². The largest absolute Gasteiger partial charge is 0.495 e. The van der Waals surface area contributed by atoms with Crippen molar-refractivity contribution in [2.24, 2.45) is 0 Å². The van der Waals surface area contributed by atoms with Crippen LogP contribution < -0.4 is 9.46 Å². The van der Waals surface area contributed by atoms with Crippen LogP contribution in [0.15, 0.2) is 45.8 Å². The van der Waals surface area contributed by atoms with E-state index in [1.807, 2.05) is 6.92 Å². The van der Waals surface area contributed by atoms with Crippen molar-refractivity contribution >= 4 is 37.6 Å². The van der Waals surface area contributed by atoms with Crippen molar-refractivity contribution in [3.05, 3.63) is 57.0 Å². The number of aryl methyl sites for hydroxylation is 1. The average molecular weight is 405 g/mol. The maximum absolute atomic E-state index is 12.5. The van der Waals surface area contributed by atoms with E-state index in [2.05, 4.69) is 20.7 Å². The zero-order chi connectivity index (χ0) is 16.3. The zero-order valence-electron chi connectivity index (χ0n) is 12.1. The van der Waals surface area contributed by atoms with E-state index in [0.717, 1.165) is 11.1 Å². The predicted octanol–water partition coefficient (Wildman–Crippen LogP) is 3.90. The minimum Gasteiger partial charge on any atom is -0.495 e. The average Bonchev–Trinajstić information content (AvgIpc) is 2.46. The summed E-state index contributed by atoms with van der Waals surface area (Å²) in [5.74, 6) is 0.295. The van der Waals surface area contributed by atoms with E-state index in [9.17, 15) is 8.42 Å². The first kappa shape index (κ1) is 17.3. The van der Waals surface area contributed by atoms with Crippen LogP contribution in [0.2, 0.25) is 5.02 Å². The smallest absolute Gasteiger partial charge is 0.244 e. The van der Waals surface area contributed by atoms with E-state index >= 15 is 0 Å². The summed E-state index contributed by atoms with van der Waals surface area (Å²) in [6.07, 6.45) is 0. The van der Waals surface area contributed by atoms with Gasteiger partial charge in [0.25, 0.3) is 0 Å². The molecule has 2 aromatic rings.